The van der Waals surface area contributed by atoms with E-state index in [-0.39, 0.29) is 29.0 Å². The minimum Gasteiger partial charge on any atom is -0.465 e. The lowest BCUT2D eigenvalue weighted by Gasteiger charge is -2.30. The van der Waals surface area contributed by atoms with Crippen molar-refractivity contribution in [2.75, 3.05) is 32.0 Å². The predicted molar refractivity (Wildman–Crippen MR) is 122 cm³/mol. The molecule has 0 atom stereocenters. The molecule has 9 heteroatoms. The van der Waals surface area contributed by atoms with Crippen LogP contribution in [0, 0.1) is 17.0 Å². The molecule has 0 radical (unpaired) electrons. The molecule has 0 aliphatic carbocycles. The van der Waals surface area contributed by atoms with Crippen LogP contribution in [-0.4, -0.2) is 53.8 Å². The van der Waals surface area contributed by atoms with E-state index in [2.05, 4.69) is 24.4 Å². The van der Waals surface area contributed by atoms with Gasteiger partial charge >= 0.3 is 11.9 Å². The van der Waals surface area contributed by atoms with Crippen LogP contribution in [0.5, 0.6) is 0 Å². The monoisotopic (exact) mass is 448 g/mol. The summed E-state index contributed by atoms with van der Waals surface area (Å²) in [4.78, 5) is 41.2. The molecule has 0 unspecified atom stereocenters. The van der Waals surface area contributed by atoms with Crippen molar-refractivity contribution >= 4 is 27.7 Å². The standard InChI is InChI=1S/C22H28N2O6S/c1-7-30-22(26)20-17(13-31(5,6)8-2)23-14(3)18(21(25)29-4)19(20)15-10-9-11-16(12-15)24(27)28/h9-12H,7-8,13H2,1-6H3. The zero-order valence-electron chi connectivity index (χ0n) is 18.7. The number of pyridine rings is 1. The first kappa shape index (κ1) is 24.3. The molecule has 0 fully saturated rings. The van der Waals surface area contributed by atoms with Crippen LogP contribution in [0.4, 0.5) is 5.69 Å². The van der Waals surface area contributed by atoms with Gasteiger partial charge in [0.15, 0.2) is 0 Å². The summed E-state index contributed by atoms with van der Waals surface area (Å²) in [6, 6.07) is 5.83. The number of hydrogen-bond acceptors (Lipinski definition) is 7. The highest BCUT2D eigenvalue weighted by Gasteiger charge is 2.30. The van der Waals surface area contributed by atoms with Crippen molar-refractivity contribution in [2.24, 2.45) is 0 Å². The van der Waals surface area contributed by atoms with Gasteiger partial charge in [0, 0.05) is 23.4 Å². The fourth-order valence-corrected chi connectivity index (χ4v) is 4.33. The molecule has 0 aliphatic heterocycles. The van der Waals surface area contributed by atoms with Crippen LogP contribution in [0.3, 0.4) is 0 Å². The van der Waals surface area contributed by atoms with Crippen molar-refractivity contribution in [3.05, 3.63) is 56.9 Å². The second-order valence-corrected chi connectivity index (χ2v) is 11.9. The van der Waals surface area contributed by atoms with E-state index in [9.17, 15) is 19.7 Å². The molecular formula is C22H28N2O6S. The van der Waals surface area contributed by atoms with E-state index in [0.717, 1.165) is 5.75 Å². The summed E-state index contributed by atoms with van der Waals surface area (Å²) in [6.07, 6.45) is 4.28. The number of nitro groups is 1. The van der Waals surface area contributed by atoms with Gasteiger partial charge in [-0.05, 0) is 37.7 Å². The van der Waals surface area contributed by atoms with Crippen molar-refractivity contribution in [3.63, 3.8) is 0 Å². The number of non-ortho nitro benzene ring substituents is 1. The zero-order valence-corrected chi connectivity index (χ0v) is 19.5. The van der Waals surface area contributed by atoms with Crippen molar-refractivity contribution < 1.29 is 24.0 Å². The van der Waals surface area contributed by atoms with Crippen LogP contribution in [-0.2, 0) is 15.2 Å². The van der Waals surface area contributed by atoms with E-state index in [0.29, 0.717) is 22.7 Å². The second-order valence-electron chi connectivity index (χ2n) is 7.49. The Morgan fingerprint density at radius 3 is 2.39 bits per heavy atom. The van der Waals surface area contributed by atoms with Gasteiger partial charge in [-0.25, -0.2) is 19.6 Å². The number of benzene rings is 1. The smallest absolute Gasteiger partial charge is 0.340 e. The van der Waals surface area contributed by atoms with E-state index < -0.39 is 26.9 Å². The van der Waals surface area contributed by atoms with E-state index >= 15 is 0 Å². The quantitative estimate of drug-likeness (QED) is 0.332. The fraction of sp³-hybridized carbons (Fsp3) is 0.409. The molecule has 0 aliphatic rings. The maximum Gasteiger partial charge on any atom is 0.340 e. The minimum absolute atomic E-state index is 0.0964. The molecule has 0 amide bonds. The maximum atomic E-state index is 13.1. The molecule has 0 saturated carbocycles. The molecule has 8 nitrogen and oxygen atoms in total. The van der Waals surface area contributed by atoms with E-state index in [1.807, 2.05) is 0 Å². The molecule has 2 aromatic rings. The molecule has 1 aromatic carbocycles. The van der Waals surface area contributed by atoms with Crippen molar-refractivity contribution in [2.45, 2.75) is 26.5 Å². The molecular weight excluding hydrogens is 420 g/mol. The highest BCUT2D eigenvalue weighted by Crippen LogP contribution is 2.45. The molecule has 0 bridgehead atoms. The van der Waals surface area contributed by atoms with Crippen molar-refractivity contribution in [1.29, 1.82) is 0 Å². The Bertz CT molecular complexity index is 1020. The number of carbonyl (C=O) groups is 2. The molecule has 31 heavy (non-hydrogen) atoms. The SMILES string of the molecule is CCOC(=O)c1c(CS(C)(C)CC)nc(C)c(C(=O)OC)c1-c1cccc([N+](=O)[O-])c1. The van der Waals surface area contributed by atoms with Gasteiger partial charge in [-0.3, -0.25) is 15.1 Å². The van der Waals surface area contributed by atoms with E-state index in [4.69, 9.17) is 9.47 Å². The van der Waals surface area contributed by atoms with Gasteiger partial charge < -0.3 is 9.47 Å². The lowest BCUT2D eigenvalue weighted by molar-refractivity contribution is -0.384. The van der Waals surface area contributed by atoms with Crippen molar-refractivity contribution in [1.82, 2.24) is 4.98 Å². The Kier molecular flexibility index (Phi) is 7.78. The van der Waals surface area contributed by atoms with E-state index in [1.165, 1.54) is 25.3 Å². The average Bonchev–Trinajstić information content (AvgIpc) is 2.72. The summed E-state index contributed by atoms with van der Waals surface area (Å²) >= 11 is 0. The number of carbonyl (C=O) groups excluding carboxylic acids is 2. The summed E-state index contributed by atoms with van der Waals surface area (Å²) in [5.41, 5.74) is 1.62. The Balaban J connectivity index is 2.98. The van der Waals surface area contributed by atoms with Crippen LogP contribution < -0.4 is 0 Å². The number of esters is 2. The largest absolute Gasteiger partial charge is 0.465 e. The summed E-state index contributed by atoms with van der Waals surface area (Å²) in [5, 5.41) is 11.4. The van der Waals surface area contributed by atoms with Crippen LogP contribution in [0.25, 0.3) is 11.1 Å². The van der Waals surface area contributed by atoms with Gasteiger partial charge in [-0.1, -0.05) is 19.1 Å². The first-order valence-corrected chi connectivity index (χ1v) is 12.6. The Morgan fingerprint density at radius 2 is 1.84 bits per heavy atom. The van der Waals surface area contributed by atoms with Gasteiger partial charge in [0.1, 0.15) is 0 Å². The maximum absolute atomic E-state index is 13.1. The van der Waals surface area contributed by atoms with Crippen LogP contribution >= 0.6 is 10.0 Å². The summed E-state index contributed by atoms with van der Waals surface area (Å²) in [5.74, 6) is 0.164. The molecule has 1 heterocycles. The number of ether oxygens (including phenoxy) is 2. The third kappa shape index (κ3) is 5.41. The second kappa shape index (κ2) is 9.91. The third-order valence-corrected chi connectivity index (χ3v) is 7.59. The van der Waals surface area contributed by atoms with Gasteiger partial charge in [0.05, 0.1) is 41.2 Å². The Hall–Kier alpha value is -2.94. The normalized spacial score (nSPS) is 11.7. The molecule has 0 saturated heterocycles. The van der Waals surface area contributed by atoms with Crippen molar-refractivity contribution in [3.8, 4) is 11.1 Å². The number of hydrogen-bond donors (Lipinski definition) is 0. The number of nitro benzene ring substituents is 1. The Labute approximate surface area is 183 Å². The van der Waals surface area contributed by atoms with Gasteiger partial charge in [0.25, 0.3) is 5.69 Å². The summed E-state index contributed by atoms with van der Waals surface area (Å²) < 4.78 is 10.3. The molecule has 168 valence electrons. The zero-order chi connectivity index (χ0) is 23.3. The third-order valence-electron chi connectivity index (χ3n) is 4.98. The lowest BCUT2D eigenvalue weighted by Crippen LogP contribution is -2.19. The number of aromatic nitrogens is 1. The first-order valence-electron chi connectivity index (χ1n) is 9.78. The molecule has 0 N–H and O–H groups in total. The van der Waals surface area contributed by atoms with Gasteiger partial charge in [-0.2, -0.15) is 0 Å². The topological polar surface area (TPSA) is 109 Å². The number of aryl methyl sites for hydroxylation is 1. The average molecular weight is 449 g/mol. The molecule has 2 rings (SSSR count). The van der Waals surface area contributed by atoms with Crippen LogP contribution in [0.15, 0.2) is 24.3 Å². The van der Waals surface area contributed by atoms with Crippen LogP contribution in [0.1, 0.15) is 46.0 Å². The number of nitrogens with zero attached hydrogens (tertiary/aromatic N) is 2. The predicted octanol–water partition coefficient (Wildman–Crippen LogP) is 4.51. The summed E-state index contributed by atoms with van der Waals surface area (Å²) in [6.45, 7) is 5.57. The van der Waals surface area contributed by atoms with Crippen LogP contribution in [0.2, 0.25) is 0 Å². The Morgan fingerprint density at radius 1 is 1.16 bits per heavy atom. The van der Waals surface area contributed by atoms with Gasteiger partial charge in [0.2, 0.25) is 0 Å². The number of rotatable bonds is 8. The molecule has 0 spiro atoms. The van der Waals surface area contributed by atoms with E-state index in [1.54, 1.807) is 19.9 Å². The highest BCUT2D eigenvalue weighted by molar-refractivity contribution is 8.32. The first-order chi connectivity index (χ1) is 14.6. The summed E-state index contributed by atoms with van der Waals surface area (Å²) in [7, 11) is 0.123. The minimum atomic E-state index is -1.11. The highest BCUT2D eigenvalue weighted by atomic mass is 32.3. The van der Waals surface area contributed by atoms with Gasteiger partial charge in [-0.15, -0.1) is 0 Å². The number of methoxy groups -OCH3 is 1. The lowest BCUT2D eigenvalue weighted by atomic mass is 9.92. The molecule has 1 aromatic heterocycles. The fourth-order valence-electron chi connectivity index (χ4n) is 3.18.